The quantitative estimate of drug-likeness (QED) is 0.324. The number of allylic oxidation sites excluding steroid dienone is 4. The van der Waals surface area contributed by atoms with Crippen molar-refractivity contribution in [2.75, 3.05) is 6.61 Å². The lowest BCUT2D eigenvalue weighted by Gasteiger charge is -2.56. The van der Waals surface area contributed by atoms with Crippen molar-refractivity contribution >= 4 is 17.9 Å². The Labute approximate surface area is 233 Å². The van der Waals surface area contributed by atoms with E-state index in [1.165, 1.54) is 0 Å². The molecular formula is C32H35O8+. The van der Waals surface area contributed by atoms with Crippen LogP contribution in [0.15, 0.2) is 35.1 Å². The van der Waals surface area contributed by atoms with Crippen molar-refractivity contribution in [1.29, 1.82) is 0 Å². The minimum atomic E-state index is -1.52. The van der Waals surface area contributed by atoms with E-state index in [2.05, 4.69) is 4.37 Å². The first-order chi connectivity index (χ1) is 18.7. The van der Waals surface area contributed by atoms with Crippen LogP contribution in [-0.2, 0) is 25.1 Å². The molecule has 2 fully saturated rings. The van der Waals surface area contributed by atoms with Crippen molar-refractivity contribution in [3.05, 3.63) is 51.8 Å². The van der Waals surface area contributed by atoms with Crippen LogP contribution in [0.1, 0.15) is 81.8 Å². The van der Waals surface area contributed by atoms with Crippen molar-refractivity contribution < 1.29 is 38.4 Å². The van der Waals surface area contributed by atoms with Gasteiger partial charge in [-0.3, -0.25) is 14.4 Å². The largest absolute Gasteiger partial charge is 0.538 e. The van der Waals surface area contributed by atoms with Gasteiger partial charge in [0.15, 0.2) is 29.4 Å². The molecule has 8 heteroatoms. The molecule has 3 aliphatic carbocycles. The highest BCUT2D eigenvalue weighted by atomic mass is 16.7. The zero-order valence-electron chi connectivity index (χ0n) is 23.7. The highest BCUT2D eigenvalue weighted by Crippen LogP contribution is 2.70. The number of aldehydes is 1. The summed E-state index contributed by atoms with van der Waals surface area (Å²) in [6.07, 6.45) is 7.12. The van der Waals surface area contributed by atoms with E-state index in [0.717, 1.165) is 12.0 Å². The van der Waals surface area contributed by atoms with Crippen LogP contribution in [0, 0.1) is 11.8 Å². The number of carbonyl (C=O) groups is 3. The summed E-state index contributed by atoms with van der Waals surface area (Å²) in [4.78, 5) is 40.2. The second-order valence-electron chi connectivity index (χ2n) is 13.4. The van der Waals surface area contributed by atoms with Gasteiger partial charge in [-0.1, -0.05) is 12.2 Å². The molecule has 0 aromatic heterocycles. The minimum absolute atomic E-state index is 0.0800. The third-order valence-electron chi connectivity index (χ3n) is 10.3. The number of hydrogen-bond donors (Lipinski definition) is 2. The van der Waals surface area contributed by atoms with Gasteiger partial charge in [-0.2, -0.15) is 0 Å². The highest BCUT2D eigenvalue weighted by Gasteiger charge is 2.81. The van der Waals surface area contributed by atoms with Gasteiger partial charge >= 0.3 is 0 Å². The molecule has 5 atom stereocenters. The maximum Gasteiger partial charge on any atom is 0.276 e. The molecule has 1 aromatic rings. The standard InChI is InChI=1S/C32H34O8/c1-15(13-33)9-10-31-28(36)17-11-19-25(35)23-24(34)18-8-7-16(2)40-14-20(29(3,4)37)22(27(18)40)26(23)38-32(19,31)21(12-17)30(5,6)39-31/h7,9,11,13,17,20-21,37H,8,10,12,14H2,1-6H3/p+1/b15-9+/t17-,20?,21?,31+,32-/m0/s1. The fourth-order valence-corrected chi connectivity index (χ4v) is 8.38. The fraction of sp³-hybridized carbons (Fsp3) is 0.531. The van der Waals surface area contributed by atoms with E-state index in [4.69, 9.17) is 9.47 Å². The molecule has 40 heavy (non-hydrogen) atoms. The average molecular weight is 548 g/mol. The smallest absolute Gasteiger partial charge is 0.276 e. The van der Waals surface area contributed by atoms with Crippen LogP contribution in [0.2, 0.25) is 0 Å². The number of Topliss-reactive ketones (excluding diaryl/α,β-unsaturated/α-hetero) is 2. The monoisotopic (exact) mass is 547 g/mol. The number of fused-ring (bicyclic) bond motifs is 2. The number of hydrogen-bond acceptors (Lipinski definition) is 7. The molecule has 8 rings (SSSR count). The second kappa shape index (κ2) is 7.53. The summed E-state index contributed by atoms with van der Waals surface area (Å²) in [5, 5.41) is 23.0. The normalized spacial score (nSPS) is 34.6. The van der Waals surface area contributed by atoms with Crippen LogP contribution in [0.5, 0.6) is 17.2 Å². The molecule has 0 amide bonds. The topological polar surface area (TPSA) is 113 Å². The van der Waals surface area contributed by atoms with Crippen LogP contribution in [0.4, 0.5) is 0 Å². The Morgan fingerprint density at radius 2 is 2.00 bits per heavy atom. The number of phenolic OH excluding ortho intramolecular Hbond substituents is 1. The Morgan fingerprint density at radius 1 is 1.27 bits per heavy atom. The SMILES string of the molecule is CC1=CCc2c(O)c3c(c4c2[O+]1CC4C(C)(C)O)O[C@@]12C(=C[C@H]4CC1C(C)(C)O[C@]2(C/C=C(\C)C=O)C4=O)C3=O. The van der Waals surface area contributed by atoms with Crippen molar-refractivity contribution in [1.82, 2.24) is 0 Å². The fourth-order valence-electron chi connectivity index (χ4n) is 8.38. The minimum Gasteiger partial charge on any atom is -0.538 e. The van der Waals surface area contributed by atoms with Gasteiger partial charge < -0.3 is 24.1 Å². The van der Waals surface area contributed by atoms with Crippen molar-refractivity contribution in [3.63, 3.8) is 0 Å². The number of rotatable bonds is 4. The van der Waals surface area contributed by atoms with Crippen molar-refractivity contribution in [2.24, 2.45) is 11.8 Å². The van der Waals surface area contributed by atoms with Crippen molar-refractivity contribution in [3.8, 4) is 17.2 Å². The lowest BCUT2D eigenvalue weighted by atomic mass is 9.51. The van der Waals surface area contributed by atoms with Gasteiger partial charge in [-0.25, -0.2) is 0 Å². The third-order valence-corrected chi connectivity index (χ3v) is 10.3. The number of ketones is 2. The predicted molar refractivity (Wildman–Crippen MR) is 145 cm³/mol. The Bertz CT molecular complexity index is 1530. The van der Waals surface area contributed by atoms with Gasteiger partial charge in [0.05, 0.1) is 16.8 Å². The second-order valence-corrected chi connectivity index (χ2v) is 13.4. The van der Waals surface area contributed by atoms with Gasteiger partial charge in [-0.15, -0.1) is 0 Å². The molecule has 2 unspecified atom stereocenters. The van der Waals surface area contributed by atoms with Gasteiger partial charge in [0.25, 0.3) is 5.75 Å². The Kier molecular flexibility index (Phi) is 4.84. The van der Waals surface area contributed by atoms with Gasteiger partial charge in [-0.05, 0) is 46.6 Å². The van der Waals surface area contributed by atoms with E-state index in [-0.39, 0.29) is 41.0 Å². The maximum atomic E-state index is 14.6. The first-order valence-electron chi connectivity index (χ1n) is 14.0. The molecule has 4 heterocycles. The van der Waals surface area contributed by atoms with E-state index in [9.17, 15) is 24.6 Å². The Balaban J connectivity index is 1.55. The molecule has 1 spiro atoms. The van der Waals surface area contributed by atoms with E-state index in [1.807, 2.05) is 26.8 Å². The zero-order chi connectivity index (χ0) is 28.7. The maximum absolute atomic E-state index is 14.6. The van der Waals surface area contributed by atoms with Crippen LogP contribution in [0.25, 0.3) is 0 Å². The van der Waals surface area contributed by atoms with Gasteiger partial charge in [0.1, 0.15) is 34.8 Å². The lowest BCUT2D eigenvalue weighted by molar-refractivity contribution is -0.171. The summed E-state index contributed by atoms with van der Waals surface area (Å²) < 4.78 is 16.9. The predicted octanol–water partition coefficient (Wildman–Crippen LogP) is 4.53. The van der Waals surface area contributed by atoms with E-state index in [1.54, 1.807) is 32.9 Å². The van der Waals surface area contributed by atoms with Crippen LogP contribution >= 0.6 is 0 Å². The molecule has 4 bridgehead atoms. The number of carbonyl (C=O) groups excluding carboxylic acids is 3. The van der Waals surface area contributed by atoms with Crippen LogP contribution in [-0.4, -0.2) is 57.1 Å². The van der Waals surface area contributed by atoms with Crippen molar-refractivity contribution in [2.45, 2.75) is 89.1 Å². The molecule has 7 aliphatic rings. The summed E-state index contributed by atoms with van der Waals surface area (Å²) >= 11 is 0. The van der Waals surface area contributed by atoms with Crippen LogP contribution in [0.3, 0.4) is 0 Å². The average Bonchev–Trinajstić information content (AvgIpc) is 3.37. The van der Waals surface area contributed by atoms with E-state index < -0.39 is 34.2 Å². The van der Waals surface area contributed by atoms with E-state index >= 15 is 0 Å². The summed E-state index contributed by atoms with van der Waals surface area (Å²) in [5.74, 6) is -0.136. The molecule has 0 radical (unpaired) electrons. The summed E-state index contributed by atoms with van der Waals surface area (Å²) in [6.45, 7) is 11.3. The summed E-state index contributed by atoms with van der Waals surface area (Å²) in [5.41, 5.74) is -2.79. The molecule has 1 saturated heterocycles. The molecule has 2 N–H and O–H groups in total. The number of ether oxygens (including phenoxy) is 2. The number of phenols is 1. The first kappa shape index (κ1) is 25.7. The molecule has 210 valence electrons. The third kappa shape index (κ3) is 2.76. The molecule has 4 aliphatic heterocycles. The number of benzene rings is 1. The Morgan fingerprint density at radius 3 is 2.67 bits per heavy atom. The number of aromatic hydroxyl groups is 1. The summed E-state index contributed by atoms with van der Waals surface area (Å²) in [7, 11) is 0. The lowest BCUT2D eigenvalue weighted by Crippen LogP contribution is -2.72. The number of aliphatic hydroxyl groups is 1. The zero-order valence-corrected chi connectivity index (χ0v) is 23.7. The van der Waals surface area contributed by atoms with Gasteiger partial charge in [0.2, 0.25) is 5.76 Å². The highest BCUT2D eigenvalue weighted by molar-refractivity contribution is 6.18. The molecular weight excluding hydrogens is 512 g/mol. The van der Waals surface area contributed by atoms with E-state index in [0.29, 0.717) is 47.5 Å². The summed E-state index contributed by atoms with van der Waals surface area (Å²) in [6, 6.07) is 0. The molecule has 1 aromatic carbocycles. The van der Waals surface area contributed by atoms with Gasteiger partial charge in [0, 0.05) is 43.3 Å². The first-order valence-corrected chi connectivity index (χ1v) is 14.0. The van der Waals surface area contributed by atoms with Crippen LogP contribution < -0.4 is 4.74 Å². The molecule has 1 saturated carbocycles. The Hall–Kier alpha value is -3.23. The molecule has 8 nitrogen and oxygen atoms in total.